The molecule has 0 fully saturated rings. The van der Waals surface area contributed by atoms with Gasteiger partial charge in [-0.1, -0.05) is 43.3 Å². The van der Waals surface area contributed by atoms with Gasteiger partial charge in [-0.15, -0.1) is 0 Å². The van der Waals surface area contributed by atoms with Crippen molar-refractivity contribution in [2.24, 2.45) is 0 Å². The van der Waals surface area contributed by atoms with E-state index in [2.05, 4.69) is 52.4 Å². The van der Waals surface area contributed by atoms with Crippen LogP contribution < -0.4 is 10.1 Å². The van der Waals surface area contributed by atoms with E-state index in [0.717, 1.165) is 16.5 Å². The molecule has 0 radical (unpaired) electrons. The Hall–Kier alpha value is -1.81. The first-order chi connectivity index (χ1) is 10.6. The van der Waals surface area contributed by atoms with E-state index in [4.69, 9.17) is 4.74 Å². The lowest BCUT2D eigenvalue weighted by Crippen LogP contribution is -2.31. The molecule has 0 aliphatic heterocycles. The Labute approximate surface area is 139 Å². The van der Waals surface area contributed by atoms with E-state index in [1.165, 1.54) is 5.56 Å². The number of ether oxygens (including phenoxy) is 1. The molecule has 0 aliphatic carbocycles. The number of amides is 1. The highest BCUT2D eigenvalue weighted by Gasteiger charge is 2.10. The molecule has 3 nitrogen and oxygen atoms in total. The molecule has 116 valence electrons. The predicted molar refractivity (Wildman–Crippen MR) is 92.0 cm³/mol. The zero-order chi connectivity index (χ0) is 15.9. The molecule has 0 heterocycles. The predicted octanol–water partition coefficient (Wildman–Crippen LogP) is 4.27. The molecule has 2 aromatic carbocycles. The van der Waals surface area contributed by atoms with Crippen molar-refractivity contribution >= 4 is 21.8 Å². The fourth-order valence-electron chi connectivity index (χ4n) is 2.11. The normalized spacial score (nSPS) is 11.8. The molecule has 0 aromatic heterocycles. The SMILES string of the molecule is CCc1ccc([C@H](C)NC(=O)COc2ccccc2Br)cc1. The molecule has 0 unspecified atom stereocenters. The van der Waals surface area contributed by atoms with Gasteiger partial charge in [-0.3, -0.25) is 4.79 Å². The number of rotatable bonds is 6. The Morgan fingerprint density at radius 1 is 1.18 bits per heavy atom. The summed E-state index contributed by atoms with van der Waals surface area (Å²) in [6.45, 7) is 4.09. The van der Waals surface area contributed by atoms with Crippen LogP contribution in [0.4, 0.5) is 0 Å². The van der Waals surface area contributed by atoms with Gasteiger partial charge in [-0.05, 0) is 52.5 Å². The maximum Gasteiger partial charge on any atom is 0.258 e. The average Bonchev–Trinajstić information content (AvgIpc) is 2.54. The third-order valence-electron chi connectivity index (χ3n) is 3.46. The number of carbonyl (C=O) groups excluding carboxylic acids is 1. The van der Waals surface area contributed by atoms with Crippen molar-refractivity contribution in [3.63, 3.8) is 0 Å². The summed E-state index contributed by atoms with van der Waals surface area (Å²) < 4.78 is 6.35. The molecule has 0 bridgehead atoms. The lowest BCUT2D eigenvalue weighted by Gasteiger charge is -2.15. The van der Waals surface area contributed by atoms with Crippen LogP contribution in [0.3, 0.4) is 0 Å². The smallest absolute Gasteiger partial charge is 0.258 e. The van der Waals surface area contributed by atoms with Gasteiger partial charge in [0.25, 0.3) is 5.91 Å². The molecule has 0 aliphatic rings. The van der Waals surface area contributed by atoms with E-state index < -0.39 is 0 Å². The minimum atomic E-state index is -0.136. The van der Waals surface area contributed by atoms with Crippen molar-refractivity contribution < 1.29 is 9.53 Å². The zero-order valence-electron chi connectivity index (χ0n) is 12.8. The third-order valence-corrected chi connectivity index (χ3v) is 4.12. The van der Waals surface area contributed by atoms with Gasteiger partial charge in [0.1, 0.15) is 5.75 Å². The van der Waals surface area contributed by atoms with Crippen LogP contribution >= 0.6 is 15.9 Å². The number of benzene rings is 2. The van der Waals surface area contributed by atoms with Gasteiger partial charge in [-0.2, -0.15) is 0 Å². The van der Waals surface area contributed by atoms with Crippen LogP contribution in [-0.2, 0) is 11.2 Å². The maximum absolute atomic E-state index is 12.0. The monoisotopic (exact) mass is 361 g/mol. The van der Waals surface area contributed by atoms with Crippen molar-refractivity contribution in [3.05, 3.63) is 64.1 Å². The Balaban J connectivity index is 1.87. The van der Waals surface area contributed by atoms with Gasteiger partial charge >= 0.3 is 0 Å². The number of carbonyl (C=O) groups is 1. The number of hydrogen-bond donors (Lipinski definition) is 1. The van der Waals surface area contributed by atoms with Gasteiger partial charge in [0.15, 0.2) is 6.61 Å². The van der Waals surface area contributed by atoms with Gasteiger partial charge in [0.05, 0.1) is 10.5 Å². The van der Waals surface area contributed by atoms with Gasteiger partial charge in [-0.25, -0.2) is 0 Å². The van der Waals surface area contributed by atoms with Crippen LogP contribution in [0.15, 0.2) is 53.0 Å². The summed E-state index contributed by atoms with van der Waals surface area (Å²) in [6, 6.07) is 15.7. The van der Waals surface area contributed by atoms with Gasteiger partial charge in [0, 0.05) is 0 Å². The maximum atomic E-state index is 12.0. The second-order valence-corrected chi connectivity index (χ2v) is 5.96. The Morgan fingerprint density at radius 2 is 1.86 bits per heavy atom. The molecule has 4 heteroatoms. The topological polar surface area (TPSA) is 38.3 Å². The second-order valence-electron chi connectivity index (χ2n) is 5.10. The van der Waals surface area contributed by atoms with Crippen LogP contribution in [0.5, 0.6) is 5.75 Å². The summed E-state index contributed by atoms with van der Waals surface area (Å²) in [7, 11) is 0. The first kappa shape index (κ1) is 16.6. The lowest BCUT2D eigenvalue weighted by atomic mass is 10.1. The second kappa shape index (κ2) is 7.99. The summed E-state index contributed by atoms with van der Waals surface area (Å²) in [5.74, 6) is 0.528. The minimum absolute atomic E-state index is 0.00000307. The van der Waals surface area contributed by atoms with Gasteiger partial charge < -0.3 is 10.1 Å². The van der Waals surface area contributed by atoms with Gasteiger partial charge in [0.2, 0.25) is 0 Å². The van der Waals surface area contributed by atoms with Crippen molar-refractivity contribution in [3.8, 4) is 5.75 Å². The summed E-state index contributed by atoms with van der Waals surface area (Å²) in [6.07, 6.45) is 1.01. The van der Waals surface area contributed by atoms with Crippen molar-refractivity contribution in [2.45, 2.75) is 26.3 Å². The summed E-state index contributed by atoms with van der Waals surface area (Å²) in [5, 5.41) is 2.94. The van der Waals surface area contributed by atoms with Crippen LogP contribution in [0, 0.1) is 0 Å². The van der Waals surface area contributed by atoms with Crippen LogP contribution in [0.2, 0.25) is 0 Å². The number of halogens is 1. The molecule has 22 heavy (non-hydrogen) atoms. The average molecular weight is 362 g/mol. The van der Waals surface area contributed by atoms with E-state index in [1.807, 2.05) is 31.2 Å². The molecular formula is C18H20BrNO2. The number of para-hydroxylation sites is 1. The van der Waals surface area contributed by atoms with Crippen molar-refractivity contribution in [1.82, 2.24) is 5.32 Å². The first-order valence-corrected chi connectivity index (χ1v) is 8.15. The standard InChI is InChI=1S/C18H20BrNO2/c1-3-14-8-10-15(11-9-14)13(2)20-18(21)12-22-17-7-5-4-6-16(17)19/h4-11,13H,3,12H2,1-2H3,(H,20,21)/t13-/m0/s1. The molecule has 1 atom stereocenters. The van der Waals surface area contributed by atoms with E-state index in [1.54, 1.807) is 0 Å². The van der Waals surface area contributed by atoms with Crippen LogP contribution in [0.25, 0.3) is 0 Å². The number of hydrogen-bond acceptors (Lipinski definition) is 2. The van der Waals surface area contributed by atoms with Crippen molar-refractivity contribution in [2.75, 3.05) is 6.61 Å². The fraction of sp³-hybridized carbons (Fsp3) is 0.278. The molecule has 1 N–H and O–H groups in total. The molecule has 2 aromatic rings. The number of nitrogens with one attached hydrogen (secondary N) is 1. The molecular weight excluding hydrogens is 342 g/mol. The molecule has 0 spiro atoms. The zero-order valence-corrected chi connectivity index (χ0v) is 14.4. The van der Waals surface area contributed by atoms with E-state index >= 15 is 0 Å². The summed E-state index contributed by atoms with van der Waals surface area (Å²) >= 11 is 3.39. The minimum Gasteiger partial charge on any atom is -0.483 e. The van der Waals surface area contributed by atoms with Crippen LogP contribution in [-0.4, -0.2) is 12.5 Å². The largest absolute Gasteiger partial charge is 0.483 e. The molecule has 2 rings (SSSR count). The highest BCUT2D eigenvalue weighted by molar-refractivity contribution is 9.10. The van der Waals surface area contributed by atoms with E-state index in [-0.39, 0.29) is 18.6 Å². The Morgan fingerprint density at radius 3 is 2.50 bits per heavy atom. The highest BCUT2D eigenvalue weighted by Crippen LogP contribution is 2.23. The Kier molecular flexibility index (Phi) is 6.01. The summed E-state index contributed by atoms with van der Waals surface area (Å²) in [4.78, 5) is 12.0. The molecule has 0 saturated carbocycles. The lowest BCUT2D eigenvalue weighted by molar-refractivity contribution is -0.123. The highest BCUT2D eigenvalue weighted by atomic mass is 79.9. The number of aryl methyl sites for hydroxylation is 1. The first-order valence-electron chi connectivity index (χ1n) is 7.35. The fourth-order valence-corrected chi connectivity index (χ4v) is 2.51. The van der Waals surface area contributed by atoms with E-state index in [0.29, 0.717) is 5.75 Å². The molecule has 0 saturated heterocycles. The third kappa shape index (κ3) is 4.60. The molecule has 1 amide bonds. The van der Waals surface area contributed by atoms with Crippen molar-refractivity contribution in [1.29, 1.82) is 0 Å². The Bertz CT molecular complexity index is 625. The summed E-state index contributed by atoms with van der Waals surface area (Å²) in [5.41, 5.74) is 2.38. The quantitative estimate of drug-likeness (QED) is 0.834. The van der Waals surface area contributed by atoms with Crippen LogP contribution in [0.1, 0.15) is 31.0 Å². The van der Waals surface area contributed by atoms with E-state index in [9.17, 15) is 4.79 Å².